The Morgan fingerprint density at radius 2 is 1.59 bits per heavy atom. The van der Waals surface area contributed by atoms with Gasteiger partial charge in [0.25, 0.3) is 0 Å². The van der Waals surface area contributed by atoms with Crippen molar-refractivity contribution in [2.24, 2.45) is 0 Å². The van der Waals surface area contributed by atoms with Gasteiger partial charge in [0.2, 0.25) is 15.9 Å². The molecule has 6 nitrogen and oxygen atoms in total. The van der Waals surface area contributed by atoms with Crippen LogP contribution >= 0.6 is 0 Å². The number of benzene rings is 2. The zero-order valence-electron chi connectivity index (χ0n) is 16.0. The van der Waals surface area contributed by atoms with Crippen LogP contribution in [0, 0.1) is 0 Å². The second-order valence-electron chi connectivity index (χ2n) is 6.76. The first-order valence-electron chi connectivity index (χ1n) is 9.44. The van der Waals surface area contributed by atoms with Crippen molar-refractivity contribution in [3.05, 3.63) is 42.5 Å². The fourth-order valence-corrected chi connectivity index (χ4v) is 4.85. The van der Waals surface area contributed by atoms with Crippen molar-refractivity contribution in [1.82, 2.24) is 14.1 Å². The highest BCUT2D eigenvalue weighted by atomic mass is 32.2. The van der Waals surface area contributed by atoms with Gasteiger partial charge in [-0.3, -0.25) is 9.69 Å². The summed E-state index contributed by atoms with van der Waals surface area (Å²) in [6.45, 7) is 7.66. The molecule has 2 aromatic rings. The van der Waals surface area contributed by atoms with Crippen LogP contribution in [0.15, 0.2) is 47.4 Å². The number of rotatable bonds is 6. The number of likely N-dealkylation sites (N-methyl/N-ethyl adjacent to an activating group) is 1. The Hall–Kier alpha value is -1.96. The van der Waals surface area contributed by atoms with Crippen LogP contribution in [0.4, 0.5) is 0 Å². The molecule has 0 aromatic heterocycles. The molecular formula is C20H27N3O3S. The summed E-state index contributed by atoms with van der Waals surface area (Å²) in [5.41, 5.74) is 0. The van der Waals surface area contributed by atoms with E-state index in [9.17, 15) is 13.2 Å². The highest BCUT2D eigenvalue weighted by Gasteiger charge is 2.30. The summed E-state index contributed by atoms with van der Waals surface area (Å²) in [5.74, 6) is 0.0708. The second-order valence-corrected chi connectivity index (χ2v) is 8.69. The van der Waals surface area contributed by atoms with Crippen LogP contribution in [-0.4, -0.2) is 74.2 Å². The third-order valence-electron chi connectivity index (χ3n) is 5.20. The van der Waals surface area contributed by atoms with E-state index in [0.29, 0.717) is 37.6 Å². The minimum Gasteiger partial charge on any atom is -0.339 e. The van der Waals surface area contributed by atoms with E-state index in [4.69, 9.17) is 0 Å². The molecule has 0 saturated carbocycles. The van der Waals surface area contributed by atoms with Crippen LogP contribution in [0.1, 0.15) is 13.8 Å². The van der Waals surface area contributed by atoms with Crippen molar-refractivity contribution in [3.8, 4) is 0 Å². The number of nitrogens with zero attached hydrogens (tertiary/aromatic N) is 3. The average Bonchev–Trinajstić information content (AvgIpc) is 2.71. The molecular weight excluding hydrogens is 362 g/mol. The fraction of sp³-hybridized carbons (Fsp3) is 0.450. The summed E-state index contributed by atoms with van der Waals surface area (Å²) in [4.78, 5) is 16.6. The summed E-state index contributed by atoms with van der Waals surface area (Å²) in [6.07, 6.45) is 0. The quantitative estimate of drug-likeness (QED) is 0.758. The number of hydrogen-bond donors (Lipinski definition) is 0. The maximum Gasteiger partial charge on any atom is 0.243 e. The summed E-state index contributed by atoms with van der Waals surface area (Å²) in [6, 6.07) is 12.9. The van der Waals surface area contributed by atoms with E-state index in [1.165, 1.54) is 4.31 Å². The van der Waals surface area contributed by atoms with Gasteiger partial charge >= 0.3 is 0 Å². The van der Waals surface area contributed by atoms with Crippen LogP contribution in [0.5, 0.6) is 0 Å². The first kappa shape index (κ1) is 19.8. The normalized spacial score (nSPS) is 16.2. The Morgan fingerprint density at radius 1 is 0.963 bits per heavy atom. The molecule has 0 aliphatic carbocycles. The monoisotopic (exact) mass is 389 g/mol. The van der Waals surface area contributed by atoms with Gasteiger partial charge < -0.3 is 4.90 Å². The smallest absolute Gasteiger partial charge is 0.243 e. The third kappa shape index (κ3) is 4.31. The summed E-state index contributed by atoms with van der Waals surface area (Å²) in [7, 11) is -3.55. The van der Waals surface area contributed by atoms with E-state index in [-0.39, 0.29) is 5.91 Å². The van der Waals surface area contributed by atoms with Gasteiger partial charge in [0.1, 0.15) is 0 Å². The van der Waals surface area contributed by atoms with Gasteiger partial charge in [-0.1, -0.05) is 44.2 Å². The number of amides is 1. The van der Waals surface area contributed by atoms with Crippen molar-refractivity contribution < 1.29 is 13.2 Å². The molecule has 0 radical (unpaired) electrons. The molecule has 0 bridgehead atoms. The lowest BCUT2D eigenvalue weighted by Gasteiger charge is -2.35. The Kier molecular flexibility index (Phi) is 6.14. The van der Waals surface area contributed by atoms with Crippen molar-refractivity contribution >= 4 is 26.7 Å². The number of hydrogen-bond acceptors (Lipinski definition) is 4. The molecule has 0 atom stereocenters. The lowest BCUT2D eigenvalue weighted by Crippen LogP contribution is -2.52. The summed E-state index contributed by atoms with van der Waals surface area (Å²) >= 11 is 0. The first-order chi connectivity index (χ1) is 13.0. The molecule has 3 rings (SSSR count). The predicted octanol–water partition coefficient (Wildman–Crippen LogP) is 2.01. The van der Waals surface area contributed by atoms with Crippen molar-refractivity contribution in [2.75, 3.05) is 45.8 Å². The molecule has 146 valence electrons. The number of carbonyl (C=O) groups excluding carboxylic acids is 1. The minimum absolute atomic E-state index is 0.0708. The van der Waals surface area contributed by atoms with Crippen LogP contribution in [0.2, 0.25) is 0 Å². The molecule has 1 aliphatic rings. The van der Waals surface area contributed by atoms with E-state index in [1.807, 2.05) is 44.2 Å². The highest BCUT2D eigenvalue weighted by molar-refractivity contribution is 7.89. The molecule has 1 amide bonds. The van der Waals surface area contributed by atoms with Crippen LogP contribution in [0.3, 0.4) is 0 Å². The van der Waals surface area contributed by atoms with Gasteiger partial charge in [-0.25, -0.2) is 8.42 Å². The van der Waals surface area contributed by atoms with Crippen molar-refractivity contribution in [2.45, 2.75) is 18.7 Å². The molecule has 1 fully saturated rings. The zero-order chi connectivity index (χ0) is 19.4. The number of sulfonamides is 1. The molecule has 1 heterocycles. The highest BCUT2D eigenvalue weighted by Crippen LogP contribution is 2.22. The third-order valence-corrected chi connectivity index (χ3v) is 7.10. The number of fused-ring (bicyclic) bond motifs is 1. The number of carbonyl (C=O) groups is 1. The predicted molar refractivity (Wildman–Crippen MR) is 107 cm³/mol. The molecule has 27 heavy (non-hydrogen) atoms. The fourth-order valence-electron chi connectivity index (χ4n) is 3.39. The lowest BCUT2D eigenvalue weighted by molar-refractivity contribution is -0.133. The largest absolute Gasteiger partial charge is 0.339 e. The van der Waals surface area contributed by atoms with E-state index in [2.05, 4.69) is 4.90 Å². The standard InChI is InChI=1S/C20H27N3O3S/c1-3-21(4-2)16-20(24)22-11-13-23(14-12-22)27(25,26)19-10-9-17-7-5-6-8-18(17)15-19/h5-10,15H,3-4,11-14,16H2,1-2H3. The Labute approximate surface area is 161 Å². The van der Waals surface area contributed by atoms with Gasteiger partial charge in [0.05, 0.1) is 11.4 Å². The first-order valence-corrected chi connectivity index (χ1v) is 10.9. The average molecular weight is 390 g/mol. The maximum absolute atomic E-state index is 13.0. The Morgan fingerprint density at radius 3 is 2.22 bits per heavy atom. The van der Waals surface area contributed by atoms with Gasteiger partial charge in [-0.15, -0.1) is 0 Å². The lowest BCUT2D eigenvalue weighted by atomic mass is 10.1. The van der Waals surface area contributed by atoms with Crippen LogP contribution in [0.25, 0.3) is 10.8 Å². The maximum atomic E-state index is 13.0. The summed E-state index contributed by atoms with van der Waals surface area (Å²) < 4.78 is 27.5. The Bertz CT molecular complexity index is 902. The Balaban J connectivity index is 1.68. The molecule has 0 unspecified atom stereocenters. The second kappa shape index (κ2) is 8.37. The van der Waals surface area contributed by atoms with Crippen molar-refractivity contribution in [1.29, 1.82) is 0 Å². The molecule has 0 N–H and O–H groups in total. The van der Waals surface area contributed by atoms with Gasteiger partial charge in [0, 0.05) is 26.2 Å². The minimum atomic E-state index is -3.55. The molecule has 0 spiro atoms. The molecule has 7 heteroatoms. The molecule has 2 aromatic carbocycles. The summed E-state index contributed by atoms with van der Waals surface area (Å²) in [5, 5.41) is 1.93. The van der Waals surface area contributed by atoms with E-state index in [0.717, 1.165) is 23.9 Å². The van der Waals surface area contributed by atoms with E-state index >= 15 is 0 Å². The zero-order valence-corrected chi connectivity index (χ0v) is 16.8. The SMILES string of the molecule is CCN(CC)CC(=O)N1CCN(S(=O)(=O)c2ccc3ccccc3c2)CC1. The van der Waals surface area contributed by atoms with E-state index < -0.39 is 10.0 Å². The van der Waals surface area contributed by atoms with E-state index in [1.54, 1.807) is 17.0 Å². The molecule has 1 aliphatic heterocycles. The van der Waals surface area contributed by atoms with Gasteiger partial charge in [-0.05, 0) is 36.0 Å². The van der Waals surface area contributed by atoms with Crippen LogP contribution < -0.4 is 0 Å². The topological polar surface area (TPSA) is 60.9 Å². The number of piperazine rings is 1. The van der Waals surface area contributed by atoms with Crippen LogP contribution in [-0.2, 0) is 14.8 Å². The molecule has 1 saturated heterocycles. The van der Waals surface area contributed by atoms with Crippen molar-refractivity contribution in [3.63, 3.8) is 0 Å². The van der Waals surface area contributed by atoms with Gasteiger partial charge in [0.15, 0.2) is 0 Å². The van der Waals surface area contributed by atoms with Gasteiger partial charge in [-0.2, -0.15) is 4.31 Å².